The predicted octanol–water partition coefficient (Wildman–Crippen LogP) is 3.96. The third-order valence-corrected chi connectivity index (χ3v) is 11.7. The maximum Gasteiger partial charge on any atom is 0.227 e. The van der Waals surface area contributed by atoms with Crippen molar-refractivity contribution in [1.29, 1.82) is 0 Å². The Balaban J connectivity index is 1.20. The second-order valence-corrected chi connectivity index (χ2v) is 12.9. The SMILES string of the molecule is CC1(C)[C@@]2(C(=O)NCCCCCNC(=O)[C@]34CC[C@](C)(C(=O)C3)C4(C)C)CC[C@]1(C)C(=O)C2. The summed E-state index contributed by atoms with van der Waals surface area (Å²) in [4.78, 5) is 51.3. The average Bonchev–Trinajstić information content (AvgIpc) is 3.20. The first-order chi connectivity index (χ1) is 15.2. The number of carbonyl (C=O) groups is 4. The minimum absolute atomic E-state index is 0.0342. The molecule has 2 amide bonds. The monoisotopic (exact) mass is 458 g/mol. The maximum absolute atomic E-state index is 13.1. The first kappa shape index (κ1) is 24.4. The maximum atomic E-state index is 13.1. The molecule has 4 saturated carbocycles. The molecule has 0 unspecified atom stereocenters. The van der Waals surface area contributed by atoms with Gasteiger partial charge in [0.1, 0.15) is 11.6 Å². The molecule has 4 aliphatic carbocycles. The first-order valence-corrected chi connectivity index (χ1v) is 12.9. The van der Waals surface area contributed by atoms with Crippen molar-refractivity contribution in [3.63, 3.8) is 0 Å². The normalized spacial score (nSPS) is 39.8. The van der Waals surface area contributed by atoms with Gasteiger partial charge >= 0.3 is 0 Å². The van der Waals surface area contributed by atoms with Crippen molar-refractivity contribution < 1.29 is 19.2 Å². The van der Waals surface area contributed by atoms with Gasteiger partial charge < -0.3 is 10.6 Å². The lowest BCUT2D eigenvalue weighted by Crippen LogP contribution is -2.47. The average molecular weight is 459 g/mol. The van der Waals surface area contributed by atoms with E-state index in [0.717, 1.165) is 44.9 Å². The molecule has 0 aromatic heterocycles. The lowest BCUT2D eigenvalue weighted by atomic mass is 9.64. The summed E-state index contributed by atoms with van der Waals surface area (Å²) in [6.07, 6.45) is 6.51. The van der Waals surface area contributed by atoms with Gasteiger partial charge in [-0.25, -0.2) is 0 Å². The van der Waals surface area contributed by atoms with E-state index in [2.05, 4.69) is 38.3 Å². The molecule has 4 fully saturated rings. The molecule has 2 N–H and O–H groups in total. The van der Waals surface area contributed by atoms with Crippen LogP contribution in [0.15, 0.2) is 0 Å². The zero-order valence-electron chi connectivity index (χ0n) is 21.4. The van der Waals surface area contributed by atoms with Crippen LogP contribution in [0.1, 0.15) is 99.3 Å². The van der Waals surface area contributed by atoms with E-state index in [9.17, 15) is 19.2 Å². The van der Waals surface area contributed by atoms with Crippen LogP contribution in [-0.2, 0) is 19.2 Å². The molecule has 0 saturated heterocycles. The Morgan fingerprint density at radius 1 is 0.636 bits per heavy atom. The molecule has 0 radical (unpaired) electrons. The van der Waals surface area contributed by atoms with Gasteiger partial charge in [0.25, 0.3) is 0 Å². The Morgan fingerprint density at radius 2 is 1.00 bits per heavy atom. The highest BCUT2D eigenvalue weighted by atomic mass is 16.2. The van der Waals surface area contributed by atoms with Crippen LogP contribution in [0, 0.1) is 32.5 Å². The van der Waals surface area contributed by atoms with Gasteiger partial charge in [-0.05, 0) is 55.8 Å². The number of fused-ring (bicyclic) bond motifs is 4. The van der Waals surface area contributed by atoms with Crippen molar-refractivity contribution in [3.05, 3.63) is 0 Å². The minimum atomic E-state index is -0.562. The summed E-state index contributed by atoms with van der Waals surface area (Å²) in [6.45, 7) is 13.6. The van der Waals surface area contributed by atoms with Crippen LogP contribution in [0.5, 0.6) is 0 Å². The third kappa shape index (κ3) is 2.84. The van der Waals surface area contributed by atoms with Gasteiger partial charge in [0.15, 0.2) is 0 Å². The van der Waals surface area contributed by atoms with E-state index < -0.39 is 10.8 Å². The fraction of sp³-hybridized carbons (Fsp3) is 0.852. The number of unbranched alkanes of at least 4 members (excludes halogenated alkanes) is 2. The van der Waals surface area contributed by atoms with Crippen LogP contribution >= 0.6 is 0 Å². The van der Waals surface area contributed by atoms with E-state index in [0.29, 0.717) is 25.9 Å². The fourth-order valence-corrected chi connectivity index (χ4v) is 7.89. The third-order valence-electron chi connectivity index (χ3n) is 11.7. The molecule has 4 rings (SSSR count). The number of carbonyl (C=O) groups excluding carboxylic acids is 4. The van der Waals surface area contributed by atoms with Gasteiger partial charge in [0.2, 0.25) is 11.8 Å². The Labute approximate surface area is 198 Å². The first-order valence-electron chi connectivity index (χ1n) is 12.9. The summed E-state index contributed by atoms with van der Waals surface area (Å²) in [5, 5.41) is 6.21. The highest BCUT2D eigenvalue weighted by Crippen LogP contribution is 2.71. The molecular weight excluding hydrogens is 416 g/mol. The predicted molar refractivity (Wildman–Crippen MR) is 126 cm³/mol. The van der Waals surface area contributed by atoms with Crippen LogP contribution in [0.25, 0.3) is 0 Å². The Morgan fingerprint density at radius 3 is 1.27 bits per heavy atom. The highest BCUT2D eigenvalue weighted by molar-refractivity contribution is 6.00. The molecule has 4 aliphatic rings. The number of Topliss-reactive ketones (excluding diaryl/α,β-unsaturated/α-hetero) is 2. The molecule has 33 heavy (non-hydrogen) atoms. The molecule has 6 heteroatoms. The van der Waals surface area contributed by atoms with Crippen molar-refractivity contribution in [2.24, 2.45) is 32.5 Å². The molecule has 184 valence electrons. The van der Waals surface area contributed by atoms with Crippen molar-refractivity contribution in [1.82, 2.24) is 10.6 Å². The molecule has 0 heterocycles. The van der Waals surface area contributed by atoms with Crippen LogP contribution in [-0.4, -0.2) is 36.5 Å². The van der Waals surface area contributed by atoms with E-state index in [1.165, 1.54) is 0 Å². The van der Waals surface area contributed by atoms with E-state index in [1.54, 1.807) is 0 Å². The number of hydrogen-bond donors (Lipinski definition) is 2. The number of ketones is 2. The number of rotatable bonds is 8. The van der Waals surface area contributed by atoms with Crippen LogP contribution in [0.2, 0.25) is 0 Å². The molecule has 0 spiro atoms. The second kappa shape index (κ2) is 7.39. The summed E-state index contributed by atoms with van der Waals surface area (Å²) in [5.41, 5.74) is -2.50. The fourth-order valence-electron chi connectivity index (χ4n) is 7.89. The van der Waals surface area contributed by atoms with Gasteiger partial charge in [0.05, 0.1) is 10.8 Å². The smallest absolute Gasteiger partial charge is 0.227 e. The lowest BCUT2D eigenvalue weighted by molar-refractivity contribution is -0.136. The van der Waals surface area contributed by atoms with Crippen molar-refractivity contribution in [2.45, 2.75) is 99.3 Å². The molecule has 6 nitrogen and oxygen atoms in total. The van der Waals surface area contributed by atoms with E-state index in [1.807, 2.05) is 13.8 Å². The van der Waals surface area contributed by atoms with Crippen LogP contribution < -0.4 is 10.6 Å². The number of nitrogens with one attached hydrogen (secondary N) is 2. The van der Waals surface area contributed by atoms with Gasteiger partial charge in [0, 0.05) is 36.8 Å². The quantitative estimate of drug-likeness (QED) is 0.539. The number of amides is 2. The Hall–Kier alpha value is -1.72. The lowest BCUT2D eigenvalue weighted by Gasteiger charge is -2.38. The van der Waals surface area contributed by atoms with Crippen molar-refractivity contribution in [2.75, 3.05) is 13.1 Å². The molecule has 4 bridgehead atoms. The zero-order valence-corrected chi connectivity index (χ0v) is 21.4. The van der Waals surface area contributed by atoms with Gasteiger partial charge in [-0.1, -0.05) is 41.5 Å². The van der Waals surface area contributed by atoms with Gasteiger partial charge in [-0.2, -0.15) is 0 Å². The highest BCUT2D eigenvalue weighted by Gasteiger charge is 2.73. The summed E-state index contributed by atoms with van der Waals surface area (Å²) in [5.74, 6) is 0.538. The topological polar surface area (TPSA) is 92.3 Å². The Kier molecular flexibility index (Phi) is 5.46. The molecular formula is C27H42N2O4. The van der Waals surface area contributed by atoms with E-state index in [-0.39, 0.29) is 45.0 Å². The summed E-state index contributed by atoms with van der Waals surface area (Å²) in [7, 11) is 0. The molecule has 0 aromatic rings. The van der Waals surface area contributed by atoms with Crippen LogP contribution in [0.4, 0.5) is 0 Å². The van der Waals surface area contributed by atoms with E-state index >= 15 is 0 Å². The largest absolute Gasteiger partial charge is 0.356 e. The van der Waals surface area contributed by atoms with E-state index in [4.69, 9.17) is 0 Å². The molecule has 0 aromatic carbocycles. The molecule has 0 aliphatic heterocycles. The van der Waals surface area contributed by atoms with Gasteiger partial charge in [-0.3, -0.25) is 19.2 Å². The summed E-state index contributed by atoms with van der Waals surface area (Å²) < 4.78 is 0. The molecule has 4 atom stereocenters. The van der Waals surface area contributed by atoms with Gasteiger partial charge in [-0.15, -0.1) is 0 Å². The summed E-state index contributed by atoms with van der Waals surface area (Å²) >= 11 is 0. The standard InChI is InChI=1S/C27H42N2O4/c1-22(2)24(5)10-12-26(22,16-18(24)30)20(32)28-14-8-7-9-15-29-21(33)27-13-11-25(6,19(31)17-27)23(27,3)4/h7-17H2,1-6H3,(H,28,32)(H,29,33)/t24-,25-,26+,27+/m1/s1. The second-order valence-electron chi connectivity index (χ2n) is 12.9. The van der Waals surface area contributed by atoms with Crippen molar-refractivity contribution >= 4 is 23.4 Å². The van der Waals surface area contributed by atoms with Crippen LogP contribution in [0.3, 0.4) is 0 Å². The number of hydrogen-bond acceptors (Lipinski definition) is 4. The zero-order chi connectivity index (χ0) is 24.5. The van der Waals surface area contributed by atoms with Crippen molar-refractivity contribution in [3.8, 4) is 0 Å². The minimum Gasteiger partial charge on any atom is -0.356 e. The summed E-state index contributed by atoms with van der Waals surface area (Å²) in [6, 6.07) is 0. The Bertz CT molecular complexity index is 836.